The van der Waals surface area contributed by atoms with E-state index < -0.39 is 0 Å². The van der Waals surface area contributed by atoms with Crippen molar-refractivity contribution in [3.05, 3.63) is 89.2 Å². The fraction of sp³-hybridized carbons (Fsp3) is 0.324. The van der Waals surface area contributed by atoms with Gasteiger partial charge in [-0.2, -0.15) is 10.2 Å². The predicted octanol–water partition coefficient (Wildman–Crippen LogP) is 4.72. The van der Waals surface area contributed by atoms with Crippen LogP contribution < -0.4 is 4.90 Å². The monoisotopic (exact) mass is 655 g/mol. The van der Waals surface area contributed by atoms with Crippen molar-refractivity contribution in [2.24, 2.45) is 13.0 Å². The van der Waals surface area contributed by atoms with Crippen LogP contribution in [0.2, 0.25) is 0 Å². The summed E-state index contributed by atoms with van der Waals surface area (Å²) >= 11 is 0. The Hall–Kier alpha value is -5.67. The van der Waals surface area contributed by atoms with Crippen molar-refractivity contribution in [2.75, 3.05) is 51.2 Å². The van der Waals surface area contributed by atoms with Gasteiger partial charge in [-0.25, -0.2) is 4.98 Å². The molecule has 2 amide bonds. The van der Waals surface area contributed by atoms with Gasteiger partial charge in [-0.15, -0.1) is 0 Å². The Morgan fingerprint density at radius 1 is 1.06 bits per heavy atom. The Kier molecular flexibility index (Phi) is 9.00. The number of benzene rings is 2. The van der Waals surface area contributed by atoms with Crippen LogP contribution in [0, 0.1) is 12.0 Å². The number of H-pyrrole nitrogens is 1. The van der Waals surface area contributed by atoms with Crippen molar-refractivity contribution >= 4 is 34.0 Å². The molecule has 0 bridgehead atoms. The van der Waals surface area contributed by atoms with Gasteiger partial charge in [-0.3, -0.25) is 29.3 Å². The molecule has 0 aliphatic carbocycles. The summed E-state index contributed by atoms with van der Waals surface area (Å²) in [5.41, 5.74) is 7.31. The number of anilines is 1. The number of rotatable bonds is 8. The number of carbonyl (C=O) groups is 2. The molecule has 1 N–H and O–H groups in total. The summed E-state index contributed by atoms with van der Waals surface area (Å²) in [6.07, 6.45) is 7.09. The molecule has 3 aromatic heterocycles. The van der Waals surface area contributed by atoms with Gasteiger partial charge in [0, 0.05) is 56.1 Å². The van der Waals surface area contributed by atoms with Gasteiger partial charge in [-0.1, -0.05) is 35.2 Å². The third-order valence-corrected chi connectivity index (χ3v) is 9.34. The molecule has 1 atom stereocenters. The molecular weight excluding hydrogens is 616 g/mol. The lowest BCUT2D eigenvalue weighted by atomic mass is 9.98. The average molecular weight is 656 g/mol. The van der Waals surface area contributed by atoms with Crippen molar-refractivity contribution in [1.29, 1.82) is 0 Å². The summed E-state index contributed by atoms with van der Waals surface area (Å²) in [7, 11) is 3.53. The van der Waals surface area contributed by atoms with Crippen LogP contribution in [0.25, 0.3) is 44.1 Å². The van der Waals surface area contributed by atoms with E-state index in [1.165, 1.54) is 5.57 Å². The number of likely N-dealkylation sites (tertiary alicyclic amines) is 1. The molecule has 0 spiro atoms. The molecule has 248 valence electrons. The van der Waals surface area contributed by atoms with Gasteiger partial charge in [0.1, 0.15) is 17.6 Å². The van der Waals surface area contributed by atoms with Crippen LogP contribution in [-0.2, 0) is 16.6 Å². The van der Waals surface area contributed by atoms with E-state index in [4.69, 9.17) is 0 Å². The Morgan fingerprint density at radius 3 is 2.59 bits per heavy atom. The van der Waals surface area contributed by atoms with Gasteiger partial charge < -0.3 is 9.80 Å². The van der Waals surface area contributed by atoms with Gasteiger partial charge >= 0.3 is 6.07 Å². The number of amides is 2. The van der Waals surface area contributed by atoms with Gasteiger partial charge in [0.15, 0.2) is 5.82 Å². The van der Waals surface area contributed by atoms with Gasteiger partial charge in [-0.05, 0) is 67.8 Å². The fourth-order valence-electron chi connectivity index (χ4n) is 6.71. The van der Waals surface area contributed by atoms with Crippen LogP contribution >= 0.6 is 0 Å². The van der Waals surface area contributed by atoms with E-state index in [2.05, 4.69) is 59.3 Å². The zero-order chi connectivity index (χ0) is 33.9. The maximum absolute atomic E-state index is 13.8. The van der Waals surface area contributed by atoms with E-state index in [-0.39, 0.29) is 17.7 Å². The maximum Gasteiger partial charge on any atom is 0.312 e. The van der Waals surface area contributed by atoms with E-state index in [9.17, 15) is 9.59 Å². The van der Waals surface area contributed by atoms with Crippen molar-refractivity contribution in [2.45, 2.75) is 19.8 Å². The van der Waals surface area contributed by atoms with Crippen LogP contribution in [0.5, 0.6) is 0 Å². The minimum Gasteiger partial charge on any atom is -0.338 e. The number of aryl methyl sites for hydroxylation is 1. The number of fused-ring (bicyclic) bond motifs is 1. The zero-order valence-electron chi connectivity index (χ0n) is 28.0. The van der Waals surface area contributed by atoms with Gasteiger partial charge in [0.2, 0.25) is 11.8 Å². The molecule has 2 aliphatic rings. The van der Waals surface area contributed by atoms with Crippen LogP contribution in [0.1, 0.15) is 30.9 Å². The topological polar surface area (TPSA) is 121 Å². The molecule has 1 saturated heterocycles. The van der Waals surface area contributed by atoms with Crippen LogP contribution in [0.15, 0.2) is 73.2 Å². The van der Waals surface area contributed by atoms with Gasteiger partial charge in [0.05, 0.1) is 23.7 Å². The molecule has 0 radical (unpaired) electrons. The first-order chi connectivity index (χ1) is 23.9. The lowest BCUT2D eigenvalue weighted by Crippen LogP contribution is -2.42. The molecule has 12 heteroatoms. The second kappa shape index (κ2) is 13.8. The number of nitrogens with one attached hydrogen (secondary N) is 1. The highest BCUT2D eigenvalue weighted by atomic mass is 16.2. The number of hydrogen-bond donors (Lipinski definition) is 1. The lowest BCUT2D eigenvalue weighted by molar-refractivity contribution is -0.132. The minimum atomic E-state index is -0.171. The molecule has 5 aromatic rings. The third kappa shape index (κ3) is 6.71. The molecule has 0 saturated carbocycles. The molecular formula is C37H39N10O2+. The smallest absolute Gasteiger partial charge is 0.312 e. The van der Waals surface area contributed by atoms with Crippen molar-refractivity contribution < 1.29 is 9.59 Å². The Labute approximate surface area is 284 Å². The normalized spacial score (nSPS) is 16.3. The summed E-state index contributed by atoms with van der Waals surface area (Å²) in [6, 6.07) is 20.9. The van der Waals surface area contributed by atoms with E-state index >= 15 is 0 Å². The van der Waals surface area contributed by atoms with E-state index in [0.29, 0.717) is 38.5 Å². The molecule has 12 nitrogen and oxygen atoms in total. The van der Waals surface area contributed by atoms with E-state index in [1.807, 2.05) is 66.2 Å². The van der Waals surface area contributed by atoms with E-state index in [1.54, 1.807) is 24.3 Å². The Balaban J connectivity index is 0.957. The quantitative estimate of drug-likeness (QED) is 0.257. The molecule has 1 fully saturated rings. The summed E-state index contributed by atoms with van der Waals surface area (Å²) in [5, 5.41) is 12.9. The second-order valence-electron chi connectivity index (χ2n) is 12.5. The predicted molar refractivity (Wildman–Crippen MR) is 190 cm³/mol. The molecule has 0 unspecified atom stereocenters. The molecule has 5 heterocycles. The Morgan fingerprint density at radius 2 is 1.90 bits per heavy atom. The molecule has 7 rings (SSSR count). The summed E-state index contributed by atoms with van der Waals surface area (Å²) in [6.45, 7) is 5.41. The summed E-state index contributed by atoms with van der Waals surface area (Å²) in [4.78, 5) is 45.8. The number of aromatic nitrogens is 6. The first kappa shape index (κ1) is 31.9. The number of carbonyl (C=O) groups excluding carboxylic acids is 2. The SMILES string of the molecule is CCN(C(=O)[C@@H]1CCN(CC(=O)N2CC=C(c3ccc(-c4ncn(C)n4)cc3)CC2)C1)c1ccc2[nH]nc(-c3ccc(C#[N+]C)cn3)c2c1. The maximum atomic E-state index is 13.8. The second-order valence-corrected chi connectivity index (χ2v) is 12.5. The molecule has 2 aliphatic heterocycles. The largest absolute Gasteiger partial charge is 0.338 e. The van der Waals surface area contributed by atoms with Crippen LogP contribution in [0.4, 0.5) is 5.69 Å². The number of aromatic amines is 1. The molecule has 49 heavy (non-hydrogen) atoms. The highest BCUT2D eigenvalue weighted by Crippen LogP contribution is 2.31. The first-order valence-corrected chi connectivity index (χ1v) is 16.7. The summed E-state index contributed by atoms with van der Waals surface area (Å²) < 4.78 is 1.69. The number of pyridine rings is 1. The van der Waals surface area contributed by atoms with Crippen LogP contribution in [0.3, 0.4) is 0 Å². The van der Waals surface area contributed by atoms with Gasteiger partial charge in [0.25, 0.3) is 7.05 Å². The Bertz CT molecular complexity index is 2090. The van der Waals surface area contributed by atoms with Crippen molar-refractivity contribution in [1.82, 2.24) is 39.7 Å². The third-order valence-electron chi connectivity index (χ3n) is 9.34. The van der Waals surface area contributed by atoms with Crippen molar-refractivity contribution in [3.8, 4) is 28.8 Å². The lowest BCUT2D eigenvalue weighted by Gasteiger charge is -2.29. The zero-order valence-corrected chi connectivity index (χ0v) is 28.0. The summed E-state index contributed by atoms with van der Waals surface area (Å²) in [5.74, 6) is 0.718. The van der Waals surface area contributed by atoms with E-state index in [0.717, 1.165) is 64.1 Å². The highest BCUT2D eigenvalue weighted by molar-refractivity contribution is 6.00. The minimum absolute atomic E-state index is 0.0779. The van der Waals surface area contributed by atoms with Crippen LogP contribution in [-0.4, -0.2) is 97.9 Å². The standard InChI is InChI=1S/C37H38N10O2/c1-4-47(30-10-12-32-31(19-30)35(42-41-32)33-11-5-25(20-38-2)21-39-33)37(49)29-13-16-45(22-29)23-34(48)46-17-14-27(15-18-46)26-6-8-28(9-7-26)36-40-24-44(3)43-36/h5-12,14,19,21,24,29H,4,13,15-18,22-23H2,1-3H3/p+1/t29-/m1/s1. The average Bonchev–Trinajstić information content (AvgIpc) is 3.89. The number of hydrogen-bond acceptors (Lipinski definition) is 7. The van der Waals surface area contributed by atoms with Crippen molar-refractivity contribution in [3.63, 3.8) is 0 Å². The molecule has 2 aromatic carbocycles. The highest BCUT2D eigenvalue weighted by Gasteiger charge is 2.33. The first-order valence-electron chi connectivity index (χ1n) is 16.7. The number of nitrogens with zero attached hydrogens (tertiary/aromatic N) is 9. The fourth-order valence-corrected chi connectivity index (χ4v) is 6.71.